The van der Waals surface area contributed by atoms with Crippen LogP contribution in [0.15, 0.2) is 18.2 Å². The number of benzene rings is 1. The van der Waals surface area contributed by atoms with Gasteiger partial charge in [-0.15, -0.1) is 0 Å². The van der Waals surface area contributed by atoms with E-state index in [2.05, 4.69) is 15.9 Å². The number of Topliss-reactive ketones (excluding diaryl/α,β-unsaturated/α-hetero) is 1. The molecular weight excluding hydrogens is 258 g/mol. The average Bonchev–Trinajstić information content (AvgIpc) is 2.26. The number of carbonyl (C=O) groups excluding carboxylic acids is 1. The molecule has 0 heterocycles. The summed E-state index contributed by atoms with van der Waals surface area (Å²) in [4.78, 5) is 11.4. The van der Waals surface area contributed by atoms with E-state index >= 15 is 0 Å². The molecule has 0 aliphatic carbocycles. The molecule has 0 spiro atoms. The Hall–Kier alpha value is -1.18. The molecule has 0 radical (unpaired) electrons. The summed E-state index contributed by atoms with van der Waals surface area (Å²) in [7, 11) is 0. The fourth-order valence-electron chi connectivity index (χ4n) is 1.28. The highest BCUT2D eigenvalue weighted by Crippen LogP contribution is 2.18. The van der Waals surface area contributed by atoms with Crippen LogP contribution < -0.4 is 0 Å². The van der Waals surface area contributed by atoms with Crippen molar-refractivity contribution in [2.75, 3.05) is 0 Å². The van der Waals surface area contributed by atoms with Gasteiger partial charge < -0.3 is 5.11 Å². The van der Waals surface area contributed by atoms with Gasteiger partial charge in [0.05, 0.1) is 17.0 Å². The van der Waals surface area contributed by atoms with Crippen molar-refractivity contribution < 1.29 is 9.90 Å². The van der Waals surface area contributed by atoms with Gasteiger partial charge in [-0.3, -0.25) is 4.79 Å². The van der Waals surface area contributed by atoms with Crippen LogP contribution in [0, 0.1) is 11.3 Å². The second-order valence-electron chi connectivity index (χ2n) is 3.09. The van der Waals surface area contributed by atoms with Crippen molar-refractivity contribution in [3.8, 4) is 6.07 Å². The highest BCUT2D eigenvalue weighted by Gasteiger charge is 2.17. The molecule has 0 saturated heterocycles. The standard InChI is InChI=1S/C11H10BrNO2/c1-7(12)11(15)9-4-2-3-8(6-14)10(9)5-13/h2-4,7,14H,6H2,1H3. The SMILES string of the molecule is CC(Br)C(=O)c1cccc(CO)c1C#N. The summed E-state index contributed by atoms with van der Waals surface area (Å²) in [6.07, 6.45) is 0. The molecular formula is C11H10BrNO2. The third kappa shape index (κ3) is 2.44. The molecule has 78 valence electrons. The smallest absolute Gasteiger partial charge is 0.177 e. The van der Waals surface area contributed by atoms with Crippen LogP contribution in [0.3, 0.4) is 0 Å². The Kier molecular flexibility index (Phi) is 4.01. The molecule has 1 rings (SSSR count). The van der Waals surface area contributed by atoms with Crippen LogP contribution in [0.4, 0.5) is 0 Å². The van der Waals surface area contributed by atoms with E-state index in [9.17, 15) is 4.79 Å². The second-order valence-corrected chi connectivity index (χ2v) is 4.46. The van der Waals surface area contributed by atoms with E-state index in [1.54, 1.807) is 25.1 Å². The Morgan fingerprint density at radius 1 is 1.67 bits per heavy atom. The first-order valence-electron chi connectivity index (χ1n) is 4.43. The summed E-state index contributed by atoms with van der Waals surface area (Å²) in [5.41, 5.74) is 1.10. The highest BCUT2D eigenvalue weighted by atomic mass is 79.9. The zero-order valence-corrected chi connectivity index (χ0v) is 9.78. The lowest BCUT2D eigenvalue weighted by Crippen LogP contribution is -2.12. The maximum absolute atomic E-state index is 11.7. The third-order valence-corrected chi connectivity index (χ3v) is 2.48. The van der Waals surface area contributed by atoms with Crippen molar-refractivity contribution in [2.24, 2.45) is 0 Å². The molecule has 0 aromatic heterocycles. The minimum atomic E-state index is -0.335. The molecule has 3 nitrogen and oxygen atoms in total. The van der Waals surface area contributed by atoms with Crippen LogP contribution in [-0.2, 0) is 6.61 Å². The van der Waals surface area contributed by atoms with E-state index in [1.807, 2.05) is 6.07 Å². The maximum Gasteiger partial charge on any atom is 0.177 e. The van der Waals surface area contributed by atoms with E-state index in [0.717, 1.165) is 0 Å². The van der Waals surface area contributed by atoms with Crippen LogP contribution in [0.25, 0.3) is 0 Å². The molecule has 0 fully saturated rings. The van der Waals surface area contributed by atoms with E-state index in [1.165, 1.54) is 0 Å². The number of hydrogen-bond acceptors (Lipinski definition) is 3. The van der Waals surface area contributed by atoms with Crippen LogP contribution in [-0.4, -0.2) is 15.7 Å². The first-order chi connectivity index (χ1) is 7.11. The lowest BCUT2D eigenvalue weighted by Gasteiger charge is -2.07. The van der Waals surface area contributed by atoms with Crippen molar-refractivity contribution in [2.45, 2.75) is 18.4 Å². The molecule has 0 aliphatic heterocycles. The molecule has 0 saturated carbocycles. The fourth-order valence-corrected chi connectivity index (χ4v) is 1.53. The molecule has 0 aliphatic rings. The van der Waals surface area contributed by atoms with Gasteiger partial charge in [0.15, 0.2) is 5.78 Å². The van der Waals surface area contributed by atoms with E-state index in [4.69, 9.17) is 10.4 Å². The highest BCUT2D eigenvalue weighted by molar-refractivity contribution is 9.10. The van der Waals surface area contributed by atoms with Gasteiger partial charge in [0.25, 0.3) is 0 Å². The predicted molar refractivity (Wildman–Crippen MR) is 59.8 cm³/mol. The van der Waals surface area contributed by atoms with Gasteiger partial charge >= 0.3 is 0 Å². The third-order valence-electron chi connectivity index (χ3n) is 2.06. The van der Waals surface area contributed by atoms with Crippen molar-refractivity contribution in [3.05, 3.63) is 34.9 Å². The zero-order valence-electron chi connectivity index (χ0n) is 8.20. The van der Waals surface area contributed by atoms with Crippen molar-refractivity contribution in [3.63, 3.8) is 0 Å². The topological polar surface area (TPSA) is 61.1 Å². The van der Waals surface area contributed by atoms with E-state index in [0.29, 0.717) is 11.1 Å². The summed E-state index contributed by atoms with van der Waals surface area (Å²) in [6.45, 7) is 1.47. The van der Waals surface area contributed by atoms with Crippen molar-refractivity contribution in [1.29, 1.82) is 5.26 Å². The lowest BCUT2D eigenvalue weighted by atomic mass is 9.98. The number of hydrogen-bond donors (Lipinski definition) is 1. The molecule has 0 bridgehead atoms. The summed E-state index contributed by atoms with van der Waals surface area (Å²) in [5.74, 6) is -0.151. The zero-order chi connectivity index (χ0) is 11.4. The Balaban J connectivity index is 3.31. The number of carbonyl (C=O) groups is 1. The van der Waals surface area contributed by atoms with Crippen molar-refractivity contribution in [1.82, 2.24) is 0 Å². The first kappa shape index (κ1) is 11.9. The fraction of sp³-hybridized carbons (Fsp3) is 0.273. The Morgan fingerprint density at radius 2 is 2.33 bits per heavy atom. The number of aliphatic hydroxyl groups excluding tert-OH is 1. The predicted octanol–water partition coefficient (Wildman–Crippen LogP) is 2.02. The number of aliphatic hydroxyl groups is 1. The summed E-state index contributed by atoms with van der Waals surface area (Å²) < 4.78 is 0. The minimum Gasteiger partial charge on any atom is -0.392 e. The average molecular weight is 268 g/mol. The molecule has 1 atom stereocenters. The van der Waals surface area contributed by atoms with Gasteiger partial charge in [-0.05, 0) is 12.5 Å². The van der Waals surface area contributed by atoms with Gasteiger partial charge in [0.1, 0.15) is 6.07 Å². The number of nitriles is 1. The summed E-state index contributed by atoms with van der Waals surface area (Å²) in [6, 6.07) is 6.84. The molecule has 0 amide bonds. The first-order valence-corrected chi connectivity index (χ1v) is 5.34. The number of halogens is 1. The maximum atomic E-state index is 11.7. The Morgan fingerprint density at radius 3 is 2.80 bits per heavy atom. The number of alkyl halides is 1. The lowest BCUT2D eigenvalue weighted by molar-refractivity contribution is 0.0995. The van der Waals surface area contributed by atoms with Crippen LogP contribution in [0.5, 0.6) is 0 Å². The molecule has 1 N–H and O–H groups in total. The molecule has 4 heteroatoms. The Bertz CT molecular complexity index is 421. The molecule has 1 aromatic rings. The summed E-state index contributed by atoms with van der Waals surface area (Å²) >= 11 is 3.16. The van der Waals surface area contributed by atoms with E-state index < -0.39 is 0 Å². The van der Waals surface area contributed by atoms with Gasteiger partial charge in [-0.1, -0.05) is 34.1 Å². The number of rotatable bonds is 3. The van der Waals surface area contributed by atoms with Gasteiger partial charge in [0, 0.05) is 5.56 Å². The van der Waals surface area contributed by atoms with Gasteiger partial charge in [0.2, 0.25) is 0 Å². The quantitative estimate of drug-likeness (QED) is 0.673. The van der Waals surface area contributed by atoms with Crippen LogP contribution in [0.1, 0.15) is 28.4 Å². The molecule has 1 aromatic carbocycles. The van der Waals surface area contributed by atoms with Crippen molar-refractivity contribution >= 4 is 21.7 Å². The van der Waals surface area contributed by atoms with Gasteiger partial charge in [-0.25, -0.2) is 0 Å². The van der Waals surface area contributed by atoms with E-state index in [-0.39, 0.29) is 22.8 Å². The summed E-state index contributed by atoms with van der Waals surface area (Å²) in [5, 5.41) is 18.0. The monoisotopic (exact) mass is 267 g/mol. The number of ketones is 1. The van der Waals surface area contributed by atoms with Crippen LogP contribution in [0.2, 0.25) is 0 Å². The van der Waals surface area contributed by atoms with Gasteiger partial charge in [-0.2, -0.15) is 5.26 Å². The molecule has 15 heavy (non-hydrogen) atoms. The molecule has 1 unspecified atom stereocenters. The second kappa shape index (κ2) is 5.06. The number of nitrogens with zero attached hydrogens (tertiary/aromatic N) is 1. The normalized spacial score (nSPS) is 11.9. The van der Waals surface area contributed by atoms with Crippen LogP contribution >= 0.6 is 15.9 Å². The Labute approximate surface area is 96.5 Å². The largest absolute Gasteiger partial charge is 0.392 e. The minimum absolute atomic E-state index is 0.151.